The number of carbonyl (C=O) groups excluding carboxylic acids is 1. The number of aryl methyl sites for hydroxylation is 1. The third kappa shape index (κ3) is 4.53. The van der Waals surface area contributed by atoms with Crippen LogP contribution in [0, 0.1) is 12.8 Å². The normalized spacial score (nSPS) is 19.6. The van der Waals surface area contributed by atoms with Crippen LogP contribution in [-0.2, 0) is 4.79 Å². The second-order valence-electron chi connectivity index (χ2n) is 5.52. The molecule has 1 fully saturated rings. The van der Waals surface area contributed by atoms with Crippen molar-refractivity contribution in [3.63, 3.8) is 0 Å². The van der Waals surface area contributed by atoms with Gasteiger partial charge >= 0.3 is 0 Å². The third-order valence-corrected chi connectivity index (χ3v) is 3.78. The van der Waals surface area contributed by atoms with Crippen LogP contribution < -0.4 is 15.4 Å². The molecule has 4 nitrogen and oxygen atoms in total. The fourth-order valence-corrected chi connectivity index (χ4v) is 2.51. The van der Waals surface area contributed by atoms with Crippen molar-refractivity contribution in [2.24, 2.45) is 5.92 Å². The first kappa shape index (κ1) is 14.9. The van der Waals surface area contributed by atoms with E-state index in [4.69, 9.17) is 4.74 Å². The standard InChI is InChI=1S/C16H24N2O2/c1-12-4-3-5-15(10-12)20-9-7-16(19)18-13(2)14-6-8-17-11-14/h3-5,10,13-14,17H,6-9,11H2,1-2H3,(H,18,19). The number of ether oxygens (including phenoxy) is 1. The highest BCUT2D eigenvalue weighted by atomic mass is 16.5. The molecule has 1 aromatic carbocycles. The van der Waals surface area contributed by atoms with Crippen LogP contribution in [0.25, 0.3) is 0 Å². The molecule has 0 radical (unpaired) electrons. The van der Waals surface area contributed by atoms with Crippen molar-refractivity contribution in [1.29, 1.82) is 0 Å². The average Bonchev–Trinajstić information content (AvgIpc) is 2.92. The smallest absolute Gasteiger partial charge is 0.223 e. The third-order valence-electron chi connectivity index (χ3n) is 3.78. The second kappa shape index (κ2) is 7.29. The summed E-state index contributed by atoms with van der Waals surface area (Å²) >= 11 is 0. The van der Waals surface area contributed by atoms with Crippen molar-refractivity contribution in [2.75, 3.05) is 19.7 Å². The first-order valence-electron chi connectivity index (χ1n) is 7.34. The molecule has 1 heterocycles. The SMILES string of the molecule is Cc1cccc(OCCC(=O)NC(C)C2CCNC2)c1. The minimum atomic E-state index is 0.0667. The number of benzene rings is 1. The van der Waals surface area contributed by atoms with E-state index in [0.717, 1.165) is 30.8 Å². The molecule has 4 heteroatoms. The van der Waals surface area contributed by atoms with Gasteiger partial charge in [0.25, 0.3) is 0 Å². The van der Waals surface area contributed by atoms with Crippen LogP contribution in [0.15, 0.2) is 24.3 Å². The second-order valence-corrected chi connectivity index (χ2v) is 5.52. The predicted octanol–water partition coefficient (Wildman–Crippen LogP) is 1.88. The Hall–Kier alpha value is -1.55. The lowest BCUT2D eigenvalue weighted by Crippen LogP contribution is -2.39. The summed E-state index contributed by atoms with van der Waals surface area (Å²) in [5.41, 5.74) is 1.16. The molecule has 2 atom stereocenters. The van der Waals surface area contributed by atoms with Gasteiger partial charge < -0.3 is 15.4 Å². The Morgan fingerprint density at radius 2 is 2.40 bits per heavy atom. The number of carbonyl (C=O) groups is 1. The number of hydrogen-bond acceptors (Lipinski definition) is 3. The lowest BCUT2D eigenvalue weighted by atomic mass is 10.0. The van der Waals surface area contributed by atoms with E-state index < -0.39 is 0 Å². The minimum absolute atomic E-state index is 0.0667. The minimum Gasteiger partial charge on any atom is -0.493 e. The number of rotatable bonds is 6. The monoisotopic (exact) mass is 276 g/mol. The van der Waals surface area contributed by atoms with E-state index in [-0.39, 0.29) is 11.9 Å². The topological polar surface area (TPSA) is 50.4 Å². The van der Waals surface area contributed by atoms with Crippen LogP contribution in [0.3, 0.4) is 0 Å². The van der Waals surface area contributed by atoms with E-state index in [1.54, 1.807) is 0 Å². The largest absolute Gasteiger partial charge is 0.493 e. The first-order chi connectivity index (χ1) is 9.65. The van der Waals surface area contributed by atoms with Crippen molar-refractivity contribution in [1.82, 2.24) is 10.6 Å². The molecule has 20 heavy (non-hydrogen) atoms. The highest BCUT2D eigenvalue weighted by molar-refractivity contribution is 5.76. The van der Waals surface area contributed by atoms with Gasteiger partial charge in [0.05, 0.1) is 13.0 Å². The van der Waals surface area contributed by atoms with Crippen LogP contribution in [0.2, 0.25) is 0 Å². The van der Waals surface area contributed by atoms with Gasteiger partial charge in [-0.25, -0.2) is 0 Å². The summed E-state index contributed by atoms with van der Waals surface area (Å²) < 4.78 is 5.59. The van der Waals surface area contributed by atoms with Crippen LogP contribution in [0.1, 0.15) is 25.3 Å². The van der Waals surface area contributed by atoms with Gasteiger partial charge in [-0.3, -0.25) is 4.79 Å². The first-order valence-corrected chi connectivity index (χ1v) is 7.34. The molecule has 110 valence electrons. The van der Waals surface area contributed by atoms with Crippen LogP contribution in [-0.4, -0.2) is 31.6 Å². The summed E-state index contributed by atoms with van der Waals surface area (Å²) in [5.74, 6) is 1.44. The van der Waals surface area contributed by atoms with Crippen LogP contribution in [0.5, 0.6) is 5.75 Å². The zero-order chi connectivity index (χ0) is 14.4. The molecule has 0 spiro atoms. The molecule has 1 amide bonds. The molecule has 2 N–H and O–H groups in total. The Balaban J connectivity index is 1.67. The summed E-state index contributed by atoms with van der Waals surface area (Å²) in [6, 6.07) is 8.11. The zero-order valence-corrected chi connectivity index (χ0v) is 12.3. The predicted molar refractivity (Wildman–Crippen MR) is 79.9 cm³/mol. The fraction of sp³-hybridized carbons (Fsp3) is 0.562. The van der Waals surface area contributed by atoms with Gasteiger partial charge in [0.15, 0.2) is 0 Å². The van der Waals surface area contributed by atoms with Crippen molar-refractivity contribution in [3.05, 3.63) is 29.8 Å². The Bertz CT molecular complexity index is 442. The number of nitrogens with one attached hydrogen (secondary N) is 2. The molecule has 1 aromatic rings. The highest BCUT2D eigenvalue weighted by Gasteiger charge is 2.22. The van der Waals surface area contributed by atoms with E-state index in [2.05, 4.69) is 17.6 Å². The molecule has 0 aliphatic carbocycles. The Kier molecular flexibility index (Phi) is 5.41. The Morgan fingerprint density at radius 3 is 3.10 bits per heavy atom. The molecule has 1 aliphatic rings. The van der Waals surface area contributed by atoms with Gasteiger partial charge in [-0.05, 0) is 57.0 Å². The maximum absolute atomic E-state index is 11.9. The number of amides is 1. The maximum atomic E-state index is 11.9. The van der Waals surface area contributed by atoms with Crippen LogP contribution >= 0.6 is 0 Å². The molecular weight excluding hydrogens is 252 g/mol. The summed E-state index contributed by atoms with van der Waals surface area (Å²) in [6.45, 7) is 6.58. The van der Waals surface area contributed by atoms with Gasteiger partial charge in [0.1, 0.15) is 5.75 Å². The molecule has 0 bridgehead atoms. The van der Waals surface area contributed by atoms with E-state index >= 15 is 0 Å². The molecule has 2 rings (SSSR count). The lowest BCUT2D eigenvalue weighted by Gasteiger charge is -2.19. The van der Waals surface area contributed by atoms with Gasteiger partial charge in [-0.2, -0.15) is 0 Å². The van der Waals surface area contributed by atoms with E-state index in [1.807, 2.05) is 31.2 Å². The maximum Gasteiger partial charge on any atom is 0.223 e. The Morgan fingerprint density at radius 1 is 1.55 bits per heavy atom. The van der Waals surface area contributed by atoms with Gasteiger partial charge in [-0.1, -0.05) is 12.1 Å². The van der Waals surface area contributed by atoms with Gasteiger partial charge in [0.2, 0.25) is 5.91 Å². The molecule has 0 saturated carbocycles. The molecule has 2 unspecified atom stereocenters. The zero-order valence-electron chi connectivity index (χ0n) is 12.3. The summed E-state index contributed by atoms with van der Waals surface area (Å²) in [4.78, 5) is 11.9. The van der Waals surface area contributed by atoms with Crippen molar-refractivity contribution in [2.45, 2.75) is 32.7 Å². The van der Waals surface area contributed by atoms with Crippen molar-refractivity contribution >= 4 is 5.91 Å². The Labute approximate surface area is 120 Å². The van der Waals surface area contributed by atoms with Gasteiger partial charge in [0, 0.05) is 6.04 Å². The molecule has 1 saturated heterocycles. The van der Waals surface area contributed by atoms with E-state index in [9.17, 15) is 4.79 Å². The van der Waals surface area contributed by atoms with Crippen molar-refractivity contribution in [3.8, 4) is 5.75 Å². The molecule has 0 aromatic heterocycles. The molecular formula is C16H24N2O2. The highest BCUT2D eigenvalue weighted by Crippen LogP contribution is 2.13. The van der Waals surface area contributed by atoms with Gasteiger partial charge in [-0.15, -0.1) is 0 Å². The van der Waals surface area contributed by atoms with E-state index in [0.29, 0.717) is 18.9 Å². The number of hydrogen-bond donors (Lipinski definition) is 2. The summed E-state index contributed by atoms with van der Waals surface area (Å²) in [5, 5.41) is 6.38. The lowest BCUT2D eigenvalue weighted by molar-refractivity contribution is -0.122. The fourth-order valence-electron chi connectivity index (χ4n) is 2.51. The quantitative estimate of drug-likeness (QED) is 0.834. The summed E-state index contributed by atoms with van der Waals surface area (Å²) in [6.07, 6.45) is 1.54. The van der Waals surface area contributed by atoms with Crippen molar-refractivity contribution < 1.29 is 9.53 Å². The van der Waals surface area contributed by atoms with E-state index in [1.165, 1.54) is 0 Å². The molecule has 1 aliphatic heterocycles. The average molecular weight is 276 g/mol. The summed E-state index contributed by atoms with van der Waals surface area (Å²) in [7, 11) is 0. The van der Waals surface area contributed by atoms with Crippen LogP contribution in [0.4, 0.5) is 0 Å².